The summed E-state index contributed by atoms with van der Waals surface area (Å²) in [5, 5.41) is 9.91. The van der Waals surface area contributed by atoms with Gasteiger partial charge in [0.2, 0.25) is 0 Å². The van der Waals surface area contributed by atoms with Crippen LogP contribution in [0.5, 0.6) is 0 Å². The third-order valence-corrected chi connectivity index (χ3v) is 5.18. The Morgan fingerprint density at radius 3 is 1.53 bits per heavy atom. The van der Waals surface area contributed by atoms with Gasteiger partial charge in [-0.05, 0) is 36.4 Å². The lowest BCUT2D eigenvalue weighted by atomic mass is 10.2. The maximum atomic E-state index is 12.5. The molecule has 9 heteroatoms. The lowest BCUT2D eigenvalue weighted by Gasteiger charge is -2.03. The number of benzene rings is 2. The highest BCUT2D eigenvalue weighted by atomic mass is 16.2. The van der Waals surface area contributed by atoms with Gasteiger partial charge in [-0.1, -0.05) is 54.6 Å². The number of rotatable bonds is 6. The monoisotopic (exact) mass is 473 g/mol. The summed E-state index contributed by atoms with van der Waals surface area (Å²) in [4.78, 5) is 37.9. The number of nitrogens with zero attached hydrogens (tertiary/aromatic N) is 5. The molecule has 0 aliphatic carbocycles. The van der Waals surface area contributed by atoms with Crippen LogP contribution in [-0.2, 0) is 0 Å². The first kappa shape index (κ1) is 22.5. The maximum Gasteiger partial charge on any atom is 0.289 e. The van der Waals surface area contributed by atoms with Crippen molar-refractivity contribution in [2.24, 2.45) is 10.2 Å². The molecule has 3 aromatic heterocycles. The number of nitrogens with one attached hydrogen (secondary N) is 2. The first-order valence-electron chi connectivity index (χ1n) is 11.0. The molecular weight excluding hydrogens is 454 g/mol. The standard InChI is InChI=1S/C27H19N7O2/c35-26(33-28-16-20-14-12-18-6-1-3-8-22(18)30-20)24-10-5-11-25(32-24)27(36)34-29-17-21-15-13-19-7-2-4-9-23(19)31-21/h1-17H,(H,33,35)(H,34,36)/b28-16+,29-17+. The Hall–Kier alpha value is -5.31. The highest BCUT2D eigenvalue weighted by Gasteiger charge is 2.11. The molecule has 174 valence electrons. The Balaban J connectivity index is 1.20. The number of hydrazone groups is 2. The van der Waals surface area contributed by atoms with Gasteiger partial charge in [-0.15, -0.1) is 0 Å². The summed E-state index contributed by atoms with van der Waals surface area (Å²) < 4.78 is 0. The molecule has 2 amide bonds. The SMILES string of the molecule is O=C(N/N=C/c1ccc2ccccc2n1)c1cccc(C(=O)N/N=C/c2ccc3ccccc3n2)n1. The van der Waals surface area contributed by atoms with E-state index in [1.165, 1.54) is 24.6 Å². The van der Waals surface area contributed by atoms with Gasteiger partial charge in [0.05, 0.1) is 34.9 Å². The van der Waals surface area contributed by atoms with E-state index < -0.39 is 11.8 Å². The predicted octanol–water partition coefficient (Wildman–Crippen LogP) is 3.71. The normalized spacial score (nSPS) is 11.3. The van der Waals surface area contributed by atoms with E-state index in [-0.39, 0.29) is 11.4 Å². The second kappa shape index (κ2) is 10.3. The Labute approximate surface area is 205 Å². The third-order valence-electron chi connectivity index (χ3n) is 5.18. The smallest absolute Gasteiger partial charge is 0.266 e. The van der Waals surface area contributed by atoms with Gasteiger partial charge in [-0.2, -0.15) is 10.2 Å². The van der Waals surface area contributed by atoms with Crippen molar-refractivity contribution in [1.29, 1.82) is 0 Å². The quantitative estimate of drug-likeness (QED) is 0.288. The lowest BCUT2D eigenvalue weighted by molar-refractivity contribution is 0.0945. The van der Waals surface area contributed by atoms with E-state index in [4.69, 9.17) is 0 Å². The van der Waals surface area contributed by atoms with E-state index in [9.17, 15) is 9.59 Å². The van der Waals surface area contributed by atoms with Crippen molar-refractivity contribution >= 4 is 46.0 Å². The summed E-state index contributed by atoms with van der Waals surface area (Å²) in [6.07, 6.45) is 2.88. The molecule has 0 aliphatic heterocycles. The van der Waals surface area contributed by atoms with E-state index >= 15 is 0 Å². The van der Waals surface area contributed by atoms with Gasteiger partial charge in [-0.25, -0.2) is 25.8 Å². The number of pyridine rings is 3. The van der Waals surface area contributed by atoms with Crippen LogP contribution < -0.4 is 10.9 Å². The van der Waals surface area contributed by atoms with Crippen LogP contribution >= 0.6 is 0 Å². The molecule has 5 rings (SSSR count). The van der Waals surface area contributed by atoms with Gasteiger partial charge in [-0.3, -0.25) is 9.59 Å². The lowest BCUT2D eigenvalue weighted by Crippen LogP contribution is -2.23. The Kier molecular flexibility index (Phi) is 6.44. The van der Waals surface area contributed by atoms with Gasteiger partial charge in [0.25, 0.3) is 11.8 Å². The average Bonchev–Trinajstić information content (AvgIpc) is 2.93. The van der Waals surface area contributed by atoms with E-state index in [1.54, 1.807) is 18.2 Å². The Bertz CT molecular complexity index is 1530. The fourth-order valence-corrected chi connectivity index (χ4v) is 3.42. The van der Waals surface area contributed by atoms with Crippen LogP contribution in [0.4, 0.5) is 0 Å². The zero-order valence-electron chi connectivity index (χ0n) is 18.9. The minimum atomic E-state index is -0.564. The molecule has 2 aromatic carbocycles. The van der Waals surface area contributed by atoms with Crippen LogP contribution in [0.1, 0.15) is 32.4 Å². The van der Waals surface area contributed by atoms with E-state index in [1.807, 2.05) is 60.7 Å². The summed E-state index contributed by atoms with van der Waals surface area (Å²) >= 11 is 0. The van der Waals surface area contributed by atoms with Crippen molar-refractivity contribution < 1.29 is 9.59 Å². The largest absolute Gasteiger partial charge is 0.289 e. The molecule has 0 saturated carbocycles. The first-order valence-corrected chi connectivity index (χ1v) is 11.0. The van der Waals surface area contributed by atoms with Crippen LogP contribution in [0, 0.1) is 0 Å². The topological polar surface area (TPSA) is 122 Å². The number of fused-ring (bicyclic) bond motifs is 2. The van der Waals surface area contributed by atoms with Crippen molar-refractivity contribution in [2.75, 3.05) is 0 Å². The number of hydrogen-bond acceptors (Lipinski definition) is 7. The molecule has 0 bridgehead atoms. The number of carbonyl (C=O) groups excluding carboxylic acids is 2. The van der Waals surface area contributed by atoms with Gasteiger partial charge >= 0.3 is 0 Å². The van der Waals surface area contributed by atoms with Crippen LogP contribution in [0.15, 0.2) is 101 Å². The predicted molar refractivity (Wildman–Crippen MR) is 138 cm³/mol. The van der Waals surface area contributed by atoms with Gasteiger partial charge in [0, 0.05) is 10.8 Å². The Morgan fingerprint density at radius 1 is 0.556 bits per heavy atom. The van der Waals surface area contributed by atoms with Gasteiger partial charge in [0.1, 0.15) is 11.4 Å². The maximum absolute atomic E-state index is 12.5. The molecule has 0 aliphatic rings. The highest BCUT2D eigenvalue weighted by molar-refractivity contribution is 5.97. The zero-order valence-corrected chi connectivity index (χ0v) is 18.9. The number of aromatic nitrogens is 3. The van der Waals surface area contributed by atoms with Gasteiger partial charge < -0.3 is 0 Å². The van der Waals surface area contributed by atoms with Crippen LogP contribution in [-0.4, -0.2) is 39.2 Å². The first-order chi connectivity index (χ1) is 17.7. The molecule has 3 heterocycles. The fraction of sp³-hybridized carbons (Fsp3) is 0. The molecule has 0 atom stereocenters. The fourth-order valence-electron chi connectivity index (χ4n) is 3.42. The number of amides is 2. The summed E-state index contributed by atoms with van der Waals surface area (Å²) in [5.41, 5.74) is 7.70. The van der Waals surface area contributed by atoms with E-state index in [0.29, 0.717) is 11.4 Å². The highest BCUT2D eigenvalue weighted by Crippen LogP contribution is 2.11. The zero-order chi connectivity index (χ0) is 24.7. The minimum absolute atomic E-state index is 0.0337. The molecule has 0 fully saturated rings. The molecular formula is C27H19N7O2. The third kappa shape index (κ3) is 5.26. The summed E-state index contributed by atoms with van der Waals surface area (Å²) in [7, 11) is 0. The Morgan fingerprint density at radius 2 is 1.03 bits per heavy atom. The van der Waals surface area contributed by atoms with Crippen molar-refractivity contribution in [3.8, 4) is 0 Å². The second-order valence-electron chi connectivity index (χ2n) is 7.66. The number of para-hydroxylation sites is 2. The van der Waals surface area contributed by atoms with Crippen LogP contribution in [0.2, 0.25) is 0 Å². The molecule has 0 radical (unpaired) electrons. The number of carbonyl (C=O) groups is 2. The summed E-state index contributed by atoms with van der Waals surface area (Å²) in [6.45, 7) is 0. The summed E-state index contributed by atoms with van der Waals surface area (Å²) in [6, 6.07) is 27.4. The van der Waals surface area contributed by atoms with E-state index in [0.717, 1.165) is 21.8 Å². The van der Waals surface area contributed by atoms with Crippen LogP contribution in [0.3, 0.4) is 0 Å². The minimum Gasteiger partial charge on any atom is -0.266 e. The molecule has 0 unspecified atom stereocenters. The average molecular weight is 473 g/mol. The molecule has 0 saturated heterocycles. The molecule has 36 heavy (non-hydrogen) atoms. The summed E-state index contributed by atoms with van der Waals surface area (Å²) in [5.74, 6) is -1.13. The molecule has 9 nitrogen and oxygen atoms in total. The van der Waals surface area contributed by atoms with Crippen molar-refractivity contribution in [2.45, 2.75) is 0 Å². The van der Waals surface area contributed by atoms with Gasteiger partial charge in [0.15, 0.2) is 0 Å². The van der Waals surface area contributed by atoms with E-state index in [2.05, 4.69) is 36.0 Å². The molecule has 0 spiro atoms. The number of hydrogen-bond donors (Lipinski definition) is 2. The van der Waals surface area contributed by atoms with Crippen molar-refractivity contribution in [3.63, 3.8) is 0 Å². The second-order valence-corrected chi connectivity index (χ2v) is 7.66. The van der Waals surface area contributed by atoms with Crippen LogP contribution in [0.25, 0.3) is 21.8 Å². The molecule has 5 aromatic rings. The molecule has 2 N–H and O–H groups in total. The van der Waals surface area contributed by atoms with Crippen molar-refractivity contribution in [1.82, 2.24) is 25.8 Å². The van der Waals surface area contributed by atoms with Crippen molar-refractivity contribution in [3.05, 3.63) is 114 Å².